The lowest BCUT2D eigenvalue weighted by Crippen LogP contribution is -2.17. The maximum absolute atomic E-state index is 12.0. The minimum absolute atomic E-state index is 0.0332. The summed E-state index contributed by atoms with van der Waals surface area (Å²) >= 11 is 5.91. The Bertz CT molecular complexity index is 780. The van der Waals surface area contributed by atoms with Crippen molar-refractivity contribution >= 4 is 23.2 Å². The molecule has 2 rings (SSSR count). The summed E-state index contributed by atoms with van der Waals surface area (Å²) in [6.45, 7) is 0.567. The molecular formula is C18H16ClN3O2. The molecule has 0 saturated carbocycles. The van der Waals surface area contributed by atoms with Gasteiger partial charge in [-0.2, -0.15) is 5.26 Å². The van der Waals surface area contributed by atoms with Gasteiger partial charge in [-0.05, 0) is 48.4 Å². The molecule has 0 fully saturated rings. The fourth-order valence-electron chi connectivity index (χ4n) is 1.97. The van der Waals surface area contributed by atoms with Gasteiger partial charge in [0, 0.05) is 23.5 Å². The van der Waals surface area contributed by atoms with E-state index in [1.807, 2.05) is 24.3 Å². The SMILES string of the molecule is N#C/C(=C/NCCc1cccc(Cl)c1)C(=O)Nc1ccc(O)cc1. The Labute approximate surface area is 145 Å². The first-order valence-electron chi connectivity index (χ1n) is 7.27. The van der Waals surface area contributed by atoms with E-state index in [4.69, 9.17) is 16.9 Å². The molecule has 0 aliphatic heterocycles. The molecule has 0 heterocycles. The molecule has 0 atom stereocenters. The highest BCUT2D eigenvalue weighted by Gasteiger charge is 2.09. The van der Waals surface area contributed by atoms with Crippen molar-refractivity contribution in [2.45, 2.75) is 6.42 Å². The standard InChI is InChI=1S/C18H16ClN3O2/c19-15-3-1-2-13(10-15)8-9-21-12-14(11-20)18(24)22-16-4-6-17(23)7-5-16/h1-7,10,12,21,23H,8-9H2,(H,22,24)/b14-12-. The van der Waals surface area contributed by atoms with Gasteiger partial charge in [0.25, 0.3) is 5.91 Å². The van der Waals surface area contributed by atoms with Gasteiger partial charge in [-0.1, -0.05) is 23.7 Å². The number of aromatic hydroxyl groups is 1. The van der Waals surface area contributed by atoms with Gasteiger partial charge < -0.3 is 15.7 Å². The Morgan fingerprint density at radius 2 is 2.00 bits per heavy atom. The first kappa shape index (κ1) is 17.4. The number of anilines is 1. The van der Waals surface area contributed by atoms with E-state index in [1.54, 1.807) is 18.2 Å². The second-order valence-corrected chi connectivity index (χ2v) is 5.44. The summed E-state index contributed by atoms with van der Waals surface area (Å²) < 4.78 is 0. The van der Waals surface area contributed by atoms with E-state index in [2.05, 4.69) is 10.6 Å². The van der Waals surface area contributed by atoms with Crippen LogP contribution in [0.2, 0.25) is 5.02 Å². The highest BCUT2D eigenvalue weighted by Crippen LogP contribution is 2.14. The third-order valence-corrected chi connectivity index (χ3v) is 3.42. The van der Waals surface area contributed by atoms with Crippen LogP contribution in [0.1, 0.15) is 5.56 Å². The largest absolute Gasteiger partial charge is 0.508 e. The number of phenols is 1. The second kappa shape index (κ2) is 8.61. The van der Waals surface area contributed by atoms with Crippen LogP contribution in [0.25, 0.3) is 0 Å². The van der Waals surface area contributed by atoms with Crippen molar-refractivity contribution in [2.24, 2.45) is 0 Å². The van der Waals surface area contributed by atoms with Crippen LogP contribution in [0.15, 0.2) is 60.3 Å². The molecule has 0 spiro atoms. The van der Waals surface area contributed by atoms with Crippen molar-refractivity contribution < 1.29 is 9.90 Å². The highest BCUT2D eigenvalue weighted by molar-refractivity contribution is 6.30. The van der Waals surface area contributed by atoms with Crippen molar-refractivity contribution in [2.75, 3.05) is 11.9 Å². The lowest BCUT2D eigenvalue weighted by atomic mass is 10.1. The second-order valence-electron chi connectivity index (χ2n) is 5.00. The molecule has 122 valence electrons. The van der Waals surface area contributed by atoms with Gasteiger partial charge in [0.1, 0.15) is 17.4 Å². The number of nitriles is 1. The molecule has 2 aromatic carbocycles. The maximum Gasteiger partial charge on any atom is 0.267 e. The predicted octanol–water partition coefficient (Wildman–Crippen LogP) is 3.22. The third kappa shape index (κ3) is 5.34. The number of nitrogens with one attached hydrogen (secondary N) is 2. The van der Waals surface area contributed by atoms with E-state index in [-0.39, 0.29) is 11.3 Å². The van der Waals surface area contributed by atoms with Crippen LogP contribution >= 0.6 is 11.6 Å². The number of benzene rings is 2. The average molecular weight is 342 g/mol. The number of carbonyl (C=O) groups excluding carboxylic acids is 1. The minimum atomic E-state index is -0.515. The molecule has 0 bridgehead atoms. The molecule has 3 N–H and O–H groups in total. The lowest BCUT2D eigenvalue weighted by molar-refractivity contribution is -0.112. The Balaban J connectivity index is 1.87. The van der Waals surface area contributed by atoms with E-state index >= 15 is 0 Å². The minimum Gasteiger partial charge on any atom is -0.508 e. The number of carbonyl (C=O) groups is 1. The first-order chi connectivity index (χ1) is 11.6. The quantitative estimate of drug-likeness (QED) is 0.326. The van der Waals surface area contributed by atoms with Crippen molar-refractivity contribution in [1.82, 2.24) is 5.32 Å². The Morgan fingerprint density at radius 1 is 1.25 bits per heavy atom. The van der Waals surface area contributed by atoms with Crippen LogP contribution in [0.4, 0.5) is 5.69 Å². The zero-order valence-electron chi connectivity index (χ0n) is 12.8. The number of hydrogen-bond donors (Lipinski definition) is 3. The van der Waals surface area contributed by atoms with Gasteiger partial charge in [-0.25, -0.2) is 0 Å². The van der Waals surface area contributed by atoms with Crippen molar-refractivity contribution in [3.63, 3.8) is 0 Å². The number of hydrogen-bond acceptors (Lipinski definition) is 4. The zero-order chi connectivity index (χ0) is 17.4. The van der Waals surface area contributed by atoms with E-state index in [0.717, 1.165) is 12.0 Å². The topological polar surface area (TPSA) is 85.2 Å². The Morgan fingerprint density at radius 3 is 2.67 bits per heavy atom. The molecule has 0 unspecified atom stereocenters. The molecule has 0 aromatic heterocycles. The van der Waals surface area contributed by atoms with Crippen LogP contribution in [0, 0.1) is 11.3 Å². The predicted molar refractivity (Wildman–Crippen MR) is 93.6 cm³/mol. The Hall–Kier alpha value is -2.97. The van der Waals surface area contributed by atoms with Crippen molar-refractivity contribution in [3.05, 3.63) is 70.9 Å². The van der Waals surface area contributed by atoms with Gasteiger partial charge in [0.15, 0.2) is 0 Å². The molecule has 0 radical (unpaired) electrons. The number of halogens is 1. The monoisotopic (exact) mass is 341 g/mol. The van der Waals surface area contributed by atoms with E-state index in [9.17, 15) is 9.90 Å². The summed E-state index contributed by atoms with van der Waals surface area (Å²) in [6, 6.07) is 15.4. The Kier molecular flexibility index (Phi) is 6.23. The fraction of sp³-hybridized carbons (Fsp3) is 0.111. The van der Waals surface area contributed by atoms with Crippen molar-refractivity contribution in [3.8, 4) is 11.8 Å². The molecule has 2 aromatic rings. The van der Waals surface area contributed by atoms with Crippen LogP contribution in [0.3, 0.4) is 0 Å². The van der Waals surface area contributed by atoms with Crippen LogP contribution in [-0.4, -0.2) is 17.6 Å². The molecule has 24 heavy (non-hydrogen) atoms. The van der Waals surface area contributed by atoms with E-state index in [1.165, 1.54) is 18.3 Å². The summed E-state index contributed by atoms with van der Waals surface area (Å²) in [4.78, 5) is 12.0. The molecule has 6 heteroatoms. The molecule has 0 aliphatic carbocycles. The van der Waals surface area contributed by atoms with Crippen molar-refractivity contribution in [1.29, 1.82) is 5.26 Å². The van der Waals surface area contributed by atoms with Gasteiger partial charge in [0.2, 0.25) is 0 Å². The smallest absolute Gasteiger partial charge is 0.267 e. The summed E-state index contributed by atoms with van der Waals surface area (Å²) in [6.07, 6.45) is 2.11. The number of nitrogens with zero attached hydrogens (tertiary/aromatic N) is 1. The number of rotatable bonds is 6. The zero-order valence-corrected chi connectivity index (χ0v) is 13.5. The fourth-order valence-corrected chi connectivity index (χ4v) is 2.19. The van der Waals surface area contributed by atoms with E-state index in [0.29, 0.717) is 17.3 Å². The van der Waals surface area contributed by atoms with Gasteiger partial charge in [0.05, 0.1) is 0 Å². The normalized spacial score (nSPS) is 10.8. The summed E-state index contributed by atoms with van der Waals surface area (Å²) in [5.74, 6) is -0.412. The lowest BCUT2D eigenvalue weighted by Gasteiger charge is -2.06. The summed E-state index contributed by atoms with van der Waals surface area (Å²) in [7, 11) is 0. The number of phenolic OH excluding ortho intramolecular Hbond substituents is 1. The molecular weight excluding hydrogens is 326 g/mol. The molecule has 0 saturated heterocycles. The van der Waals surface area contributed by atoms with Crippen LogP contribution < -0.4 is 10.6 Å². The van der Waals surface area contributed by atoms with Gasteiger partial charge in [-0.3, -0.25) is 4.79 Å². The molecule has 1 amide bonds. The van der Waals surface area contributed by atoms with Gasteiger partial charge >= 0.3 is 0 Å². The van der Waals surface area contributed by atoms with Crippen LogP contribution in [0.5, 0.6) is 5.75 Å². The molecule has 5 nitrogen and oxygen atoms in total. The van der Waals surface area contributed by atoms with E-state index < -0.39 is 5.91 Å². The number of amides is 1. The van der Waals surface area contributed by atoms with Gasteiger partial charge in [-0.15, -0.1) is 0 Å². The summed E-state index contributed by atoms with van der Waals surface area (Å²) in [5.41, 5.74) is 1.53. The highest BCUT2D eigenvalue weighted by atomic mass is 35.5. The first-order valence-corrected chi connectivity index (χ1v) is 7.65. The van der Waals surface area contributed by atoms with Crippen LogP contribution in [-0.2, 0) is 11.2 Å². The summed E-state index contributed by atoms with van der Waals surface area (Å²) in [5, 5.41) is 24.5. The molecule has 0 aliphatic rings. The maximum atomic E-state index is 12.0. The third-order valence-electron chi connectivity index (χ3n) is 3.18. The average Bonchev–Trinajstić information content (AvgIpc) is 2.57.